The van der Waals surface area contributed by atoms with Crippen molar-refractivity contribution in [2.45, 2.75) is 35.5 Å². The number of hydrogen-bond acceptors (Lipinski definition) is 0. The second-order valence-electron chi connectivity index (χ2n) is 2.52. The number of rotatable bonds is 0. The van der Waals surface area contributed by atoms with Crippen molar-refractivity contribution in [3.8, 4) is 0 Å². The Hall–Kier alpha value is 0.543. The van der Waals surface area contributed by atoms with Gasteiger partial charge in [0.1, 0.15) is 0 Å². The third kappa shape index (κ3) is 1.85. The molecule has 0 aromatic rings. The van der Waals surface area contributed by atoms with Crippen molar-refractivity contribution < 1.29 is 0 Å². The average molecular weight is 158 g/mol. The van der Waals surface area contributed by atoms with E-state index in [4.69, 9.17) is 0 Å². The van der Waals surface area contributed by atoms with Crippen molar-refractivity contribution in [1.29, 1.82) is 0 Å². The fourth-order valence-corrected chi connectivity index (χ4v) is 5.26. The minimum atomic E-state index is -0.321. The van der Waals surface area contributed by atoms with Crippen LogP contribution in [0.3, 0.4) is 0 Å². The Kier molecular flexibility index (Phi) is 2.23. The van der Waals surface area contributed by atoms with Gasteiger partial charge in [-0.2, -0.15) is 0 Å². The summed E-state index contributed by atoms with van der Waals surface area (Å²) in [6.07, 6.45) is 4.65. The molecule has 1 rings (SSSR count). The second kappa shape index (κ2) is 2.75. The van der Waals surface area contributed by atoms with E-state index in [9.17, 15) is 0 Å². The topological polar surface area (TPSA) is 0 Å². The molecule has 0 unspecified atom stereocenters. The SMILES string of the molecule is [CH3][Ge]1[CH2]CCC[CH2]1. The first-order chi connectivity index (χ1) is 3.39. The summed E-state index contributed by atoms with van der Waals surface area (Å²) < 4.78 is 0. The van der Waals surface area contributed by atoms with Gasteiger partial charge in [-0.15, -0.1) is 0 Å². The fraction of sp³-hybridized carbons (Fsp3) is 1.00. The molecule has 0 nitrogen and oxygen atoms in total. The van der Waals surface area contributed by atoms with Crippen LogP contribution in [-0.2, 0) is 0 Å². The van der Waals surface area contributed by atoms with Crippen molar-refractivity contribution >= 4 is 14.3 Å². The van der Waals surface area contributed by atoms with Gasteiger partial charge in [0.15, 0.2) is 0 Å². The van der Waals surface area contributed by atoms with Gasteiger partial charge in [0.25, 0.3) is 0 Å². The van der Waals surface area contributed by atoms with Crippen LogP contribution in [0.5, 0.6) is 0 Å². The molecule has 1 heteroatoms. The van der Waals surface area contributed by atoms with Gasteiger partial charge in [-0.3, -0.25) is 0 Å². The molecular weight excluding hydrogens is 145 g/mol. The van der Waals surface area contributed by atoms with Crippen molar-refractivity contribution in [3.63, 3.8) is 0 Å². The second-order valence-corrected chi connectivity index (χ2v) is 8.63. The Morgan fingerprint density at radius 2 is 1.57 bits per heavy atom. The summed E-state index contributed by atoms with van der Waals surface area (Å²) in [6, 6.07) is 0. The summed E-state index contributed by atoms with van der Waals surface area (Å²) in [5, 5.41) is 3.31. The normalized spacial score (nSPS) is 25.3. The Labute approximate surface area is 50.4 Å². The summed E-state index contributed by atoms with van der Waals surface area (Å²) in [6.45, 7) is 0. The molecule has 0 amide bonds. The molecule has 0 bridgehead atoms. The molecule has 1 aliphatic rings. The predicted molar refractivity (Wildman–Crippen MR) is 35.1 cm³/mol. The van der Waals surface area contributed by atoms with E-state index in [0.717, 1.165) is 0 Å². The monoisotopic (exact) mass is 159 g/mol. The zero-order chi connectivity index (χ0) is 5.11. The van der Waals surface area contributed by atoms with Crippen LogP contribution in [0.25, 0.3) is 0 Å². The van der Waals surface area contributed by atoms with Gasteiger partial charge in [-0.25, -0.2) is 0 Å². The molecule has 0 spiro atoms. The van der Waals surface area contributed by atoms with E-state index in [1.54, 1.807) is 23.3 Å². The summed E-state index contributed by atoms with van der Waals surface area (Å²) in [5.74, 6) is 2.53. The molecular formula is C6H13Ge. The van der Waals surface area contributed by atoms with E-state index in [2.05, 4.69) is 5.76 Å². The van der Waals surface area contributed by atoms with Crippen molar-refractivity contribution in [3.05, 3.63) is 0 Å². The molecule has 0 aliphatic carbocycles. The summed E-state index contributed by atoms with van der Waals surface area (Å²) in [5.41, 5.74) is 0. The molecule has 0 aromatic heterocycles. The molecule has 1 fully saturated rings. The minimum absolute atomic E-state index is 0.321. The van der Waals surface area contributed by atoms with Crippen molar-refractivity contribution in [2.24, 2.45) is 0 Å². The van der Waals surface area contributed by atoms with Crippen LogP contribution in [0.4, 0.5) is 0 Å². The van der Waals surface area contributed by atoms with E-state index < -0.39 is 0 Å². The molecule has 0 atom stereocenters. The molecule has 1 radical (unpaired) electrons. The Bertz CT molecular complexity index is 46.1. The average Bonchev–Trinajstić information content (AvgIpc) is 1.69. The zero-order valence-corrected chi connectivity index (χ0v) is 7.13. The zero-order valence-electron chi connectivity index (χ0n) is 5.04. The first-order valence-corrected chi connectivity index (χ1v) is 8.27. The Morgan fingerprint density at radius 1 is 1.00 bits per heavy atom. The van der Waals surface area contributed by atoms with Crippen LogP contribution in [-0.4, -0.2) is 14.3 Å². The van der Waals surface area contributed by atoms with E-state index in [-0.39, 0.29) is 14.3 Å². The van der Waals surface area contributed by atoms with E-state index in [1.807, 2.05) is 0 Å². The van der Waals surface area contributed by atoms with Crippen LogP contribution in [0.1, 0.15) is 19.3 Å². The van der Waals surface area contributed by atoms with E-state index in [1.165, 1.54) is 6.42 Å². The number of hydrogen-bond donors (Lipinski definition) is 0. The molecule has 1 heterocycles. The van der Waals surface area contributed by atoms with E-state index in [0.29, 0.717) is 0 Å². The first kappa shape index (κ1) is 5.68. The Balaban J connectivity index is 2.12. The summed E-state index contributed by atoms with van der Waals surface area (Å²) in [7, 11) is 0. The first-order valence-electron chi connectivity index (χ1n) is 3.21. The van der Waals surface area contributed by atoms with Crippen LogP contribution in [0.2, 0.25) is 16.3 Å². The summed E-state index contributed by atoms with van der Waals surface area (Å²) >= 11 is -0.321. The van der Waals surface area contributed by atoms with Gasteiger partial charge in [0.05, 0.1) is 0 Å². The van der Waals surface area contributed by atoms with Gasteiger partial charge >= 0.3 is 49.9 Å². The van der Waals surface area contributed by atoms with Gasteiger partial charge < -0.3 is 0 Å². The third-order valence-electron chi connectivity index (χ3n) is 1.71. The standard InChI is InChI=1S/C6H13Ge/c1-7-5-3-2-4-6-7/h2-6H2,1H3. The maximum absolute atomic E-state index is 2.53. The van der Waals surface area contributed by atoms with E-state index >= 15 is 0 Å². The van der Waals surface area contributed by atoms with Crippen LogP contribution >= 0.6 is 0 Å². The molecule has 41 valence electrons. The molecule has 1 saturated heterocycles. The van der Waals surface area contributed by atoms with Gasteiger partial charge in [0.2, 0.25) is 0 Å². The molecule has 0 aromatic carbocycles. The summed E-state index contributed by atoms with van der Waals surface area (Å²) in [4.78, 5) is 0. The van der Waals surface area contributed by atoms with Gasteiger partial charge in [0, 0.05) is 0 Å². The predicted octanol–water partition coefficient (Wildman–Crippen LogP) is 2.29. The maximum atomic E-state index is 2.53. The van der Waals surface area contributed by atoms with Crippen molar-refractivity contribution in [1.82, 2.24) is 0 Å². The van der Waals surface area contributed by atoms with Crippen LogP contribution in [0.15, 0.2) is 0 Å². The molecule has 7 heavy (non-hydrogen) atoms. The van der Waals surface area contributed by atoms with Crippen molar-refractivity contribution in [2.75, 3.05) is 0 Å². The van der Waals surface area contributed by atoms with Gasteiger partial charge in [-0.1, -0.05) is 0 Å². The van der Waals surface area contributed by atoms with Crippen LogP contribution in [0, 0.1) is 0 Å². The molecule has 0 saturated carbocycles. The van der Waals surface area contributed by atoms with Gasteiger partial charge in [-0.05, 0) is 0 Å². The molecule has 1 aliphatic heterocycles. The fourth-order valence-electron chi connectivity index (χ4n) is 1.16. The quantitative estimate of drug-likeness (QED) is 0.474. The molecule has 0 N–H and O–H groups in total. The Morgan fingerprint density at radius 3 is 1.86 bits per heavy atom. The van der Waals surface area contributed by atoms with Crippen LogP contribution < -0.4 is 0 Å². The third-order valence-corrected chi connectivity index (χ3v) is 6.77.